The lowest BCUT2D eigenvalue weighted by Crippen LogP contribution is -2.12. The van der Waals surface area contributed by atoms with E-state index in [4.69, 9.17) is 5.73 Å². The van der Waals surface area contributed by atoms with Gasteiger partial charge in [0.05, 0.1) is 0 Å². The summed E-state index contributed by atoms with van der Waals surface area (Å²) in [6.07, 6.45) is 16.7. The van der Waals surface area contributed by atoms with Crippen LogP contribution in [0.15, 0.2) is 18.3 Å². The van der Waals surface area contributed by atoms with Gasteiger partial charge in [-0.1, -0.05) is 77.2 Å². The fourth-order valence-corrected chi connectivity index (χ4v) is 2.90. The third kappa shape index (κ3) is 8.21. The monoisotopic (exact) mass is 290 g/mol. The van der Waals surface area contributed by atoms with Gasteiger partial charge in [-0.15, -0.1) is 0 Å². The summed E-state index contributed by atoms with van der Waals surface area (Å²) in [5.41, 5.74) is 8.56. The summed E-state index contributed by atoms with van der Waals surface area (Å²) >= 11 is 0. The van der Waals surface area contributed by atoms with Gasteiger partial charge in [0, 0.05) is 17.9 Å². The molecule has 1 aromatic heterocycles. The first-order valence-corrected chi connectivity index (χ1v) is 8.92. The SMILES string of the molecule is CCCCCCCCCCCCC(N)c1cccnc1C. The highest BCUT2D eigenvalue weighted by Crippen LogP contribution is 2.20. The van der Waals surface area contributed by atoms with E-state index in [0.717, 1.165) is 12.1 Å². The topological polar surface area (TPSA) is 38.9 Å². The fraction of sp³-hybridized carbons (Fsp3) is 0.737. The smallest absolute Gasteiger partial charge is 0.0420 e. The molecule has 21 heavy (non-hydrogen) atoms. The van der Waals surface area contributed by atoms with Crippen LogP contribution in [0.3, 0.4) is 0 Å². The number of rotatable bonds is 12. The highest BCUT2D eigenvalue weighted by atomic mass is 14.7. The molecule has 0 radical (unpaired) electrons. The third-order valence-corrected chi connectivity index (χ3v) is 4.32. The number of nitrogens with zero attached hydrogens (tertiary/aromatic N) is 1. The molecule has 0 amide bonds. The standard InChI is InChI=1S/C19H34N2/c1-3-4-5-6-7-8-9-10-11-12-15-19(20)18-14-13-16-21-17(18)2/h13-14,16,19H,3-12,15,20H2,1-2H3. The molecular formula is C19H34N2. The zero-order valence-corrected chi connectivity index (χ0v) is 14.1. The van der Waals surface area contributed by atoms with E-state index in [2.05, 4.69) is 18.0 Å². The lowest BCUT2D eigenvalue weighted by atomic mass is 9.99. The Morgan fingerprint density at radius 2 is 1.52 bits per heavy atom. The molecule has 0 aliphatic carbocycles. The number of aryl methyl sites for hydroxylation is 1. The average molecular weight is 290 g/mol. The van der Waals surface area contributed by atoms with Gasteiger partial charge in [0.2, 0.25) is 0 Å². The van der Waals surface area contributed by atoms with Crippen LogP contribution in [0.25, 0.3) is 0 Å². The van der Waals surface area contributed by atoms with Crippen molar-refractivity contribution in [3.05, 3.63) is 29.6 Å². The first-order valence-electron chi connectivity index (χ1n) is 8.92. The van der Waals surface area contributed by atoms with Crippen molar-refractivity contribution in [3.8, 4) is 0 Å². The summed E-state index contributed by atoms with van der Waals surface area (Å²) < 4.78 is 0. The Kier molecular flexibility index (Phi) is 10.1. The Balaban J connectivity index is 1.98. The number of hydrogen-bond donors (Lipinski definition) is 1. The lowest BCUT2D eigenvalue weighted by molar-refractivity contribution is 0.528. The molecule has 1 atom stereocenters. The van der Waals surface area contributed by atoms with Crippen molar-refractivity contribution in [1.82, 2.24) is 4.98 Å². The number of pyridine rings is 1. The predicted octanol–water partition coefficient (Wildman–Crippen LogP) is 5.70. The molecule has 0 saturated heterocycles. The molecule has 2 heteroatoms. The maximum atomic E-state index is 6.26. The van der Waals surface area contributed by atoms with Crippen LogP contribution in [0.1, 0.15) is 94.9 Å². The number of nitrogens with two attached hydrogens (primary N) is 1. The molecule has 1 unspecified atom stereocenters. The van der Waals surface area contributed by atoms with E-state index in [1.807, 2.05) is 19.2 Å². The van der Waals surface area contributed by atoms with Crippen LogP contribution in [0.2, 0.25) is 0 Å². The van der Waals surface area contributed by atoms with Crippen LogP contribution in [-0.4, -0.2) is 4.98 Å². The van der Waals surface area contributed by atoms with Gasteiger partial charge in [0.1, 0.15) is 0 Å². The second-order valence-electron chi connectivity index (χ2n) is 6.26. The molecule has 1 aromatic rings. The lowest BCUT2D eigenvalue weighted by Gasteiger charge is -2.13. The Morgan fingerprint density at radius 3 is 2.10 bits per heavy atom. The normalized spacial score (nSPS) is 12.5. The molecule has 0 aromatic carbocycles. The van der Waals surface area contributed by atoms with Crippen molar-refractivity contribution in [3.63, 3.8) is 0 Å². The van der Waals surface area contributed by atoms with Gasteiger partial charge in [-0.25, -0.2) is 0 Å². The summed E-state index contributed by atoms with van der Waals surface area (Å²) in [6, 6.07) is 4.26. The van der Waals surface area contributed by atoms with E-state index in [1.165, 1.54) is 69.8 Å². The van der Waals surface area contributed by atoms with Gasteiger partial charge in [-0.05, 0) is 25.0 Å². The van der Waals surface area contributed by atoms with Crippen molar-refractivity contribution in [2.45, 2.75) is 90.5 Å². The highest BCUT2D eigenvalue weighted by molar-refractivity contribution is 5.21. The minimum absolute atomic E-state index is 0.160. The Bertz CT molecular complexity index is 362. The van der Waals surface area contributed by atoms with Crippen molar-refractivity contribution < 1.29 is 0 Å². The van der Waals surface area contributed by atoms with E-state index < -0.39 is 0 Å². The van der Waals surface area contributed by atoms with E-state index in [1.54, 1.807) is 0 Å². The summed E-state index contributed by atoms with van der Waals surface area (Å²) in [7, 11) is 0. The van der Waals surface area contributed by atoms with Gasteiger partial charge in [0.15, 0.2) is 0 Å². The molecule has 0 aliphatic rings. The molecule has 0 aliphatic heterocycles. The molecule has 0 saturated carbocycles. The summed E-state index contributed by atoms with van der Waals surface area (Å²) in [4.78, 5) is 4.32. The molecule has 1 heterocycles. The number of aromatic nitrogens is 1. The van der Waals surface area contributed by atoms with Gasteiger partial charge >= 0.3 is 0 Å². The maximum Gasteiger partial charge on any atom is 0.0420 e. The molecule has 0 spiro atoms. The minimum atomic E-state index is 0.160. The molecule has 1 rings (SSSR count). The maximum absolute atomic E-state index is 6.26. The fourth-order valence-electron chi connectivity index (χ4n) is 2.90. The molecule has 0 fully saturated rings. The molecule has 2 N–H and O–H groups in total. The zero-order chi connectivity index (χ0) is 15.3. The summed E-state index contributed by atoms with van der Waals surface area (Å²) in [5, 5.41) is 0. The molecular weight excluding hydrogens is 256 g/mol. The van der Waals surface area contributed by atoms with E-state index in [9.17, 15) is 0 Å². The quantitative estimate of drug-likeness (QED) is 0.501. The second kappa shape index (κ2) is 11.7. The van der Waals surface area contributed by atoms with Crippen molar-refractivity contribution in [1.29, 1.82) is 0 Å². The van der Waals surface area contributed by atoms with Gasteiger partial charge in [-0.2, -0.15) is 0 Å². The Hall–Kier alpha value is -0.890. The molecule has 2 nitrogen and oxygen atoms in total. The van der Waals surface area contributed by atoms with Crippen molar-refractivity contribution in [2.24, 2.45) is 5.73 Å². The van der Waals surface area contributed by atoms with Gasteiger partial charge < -0.3 is 5.73 Å². The minimum Gasteiger partial charge on any atom is -0.324 e. The van der Waals surface area contributed by atoms with E-state index in [-0.39, 0.29) is 6.04 Å². The molecule has 0 bridgehead atoms. The molecule has 120 valence electrons. The van der Waals surface area contributed by atoms with Crippen LogP contribution in [0.4, 0.5) is 0 Å². The highest BCUT2D eigenvalue weighted by Gasteiger charge is 2.08. The van der Waals surface area contributed by atoms with Gasteiger partial charge in [-0.3, -0.25) is 4.98 Å². The van der Waals surface area contributed by atoms with Crippen LogP contribution in [0.5, 0.6) is 0 Å². The first-order chi connectivity index (χ1) is 10.3. The summed E-state index contributed by atoms with van der Waals surface area (Å²) in [5.74, 6) is 0. The van der Waals surface area contributed by atoms with E-state index >= 15 is 0 Å². The van der Waals surface area contributed by atoms with Crippen LogP contribution < -0.4 is 5.73 Å². The van der Waals surface area contributed by atoms with Crippen LogP contribution in [-0.2, 0) is 0 Å². The van der Waals surface area contributed by atoms with E-state index in [0.29, 0.717) is 0 Å². The van der Waals surface area contributed by atoms with Crippen LogP contribution in [0, 0.1) is 6.92 Å². The average Bonchev–Trinajstić information content (AvgIpc) is 2.49. The number of unbranched alkanes of at least 4 members (excludes halogenated alkanes) is 9. The van der Waals surface area contributed by atoms with Crippen molar-refractivity contribution >= 4 is 0 Å². The predicted molar refractivity (Wildman–Crippen MR) is 92.4 cm³/mol. The zero-order valence-electron chi connectivity index (χ0n) is 14.1. The van der Waals surface area contributed by atoms with Crippen LogP contribution >= 0.6 is 0 Å². The van der Waals surface area contributed by atoms with Gasteiger partial charge in [0.25, 0.3) is 0 Å². The number of hydrogen-bond acceptors (Lipinski definition) is 2. The Morgan fingerprint density at radius 1 is 0.952 bits per heavy atom. The van der Waals surface area contributed by atoms with Crippen molar-refractivity contribution in [2.75, 3.05) is 0 Å². The largest absolute Gasteiger partial charge is 0.324 e. The third-order valence-electron chi connectivity index (χ3n) is 4.32. The second-order valence-corrected chi connectivity index (χ2v) is 6.26. The first kappa shape index (κ1) is 18.2. The Labute approximate surface area is 131 Å². The summed E-state index contributed by atoms with van der Waals surface area (Å²) in [6.45, 7) is 4.32.